The molecule has 0 heterocycles. The van der Waals surface area contributed by atoms with Gasteiger partial charge in [0.1, 0.15) is 11.9 Å². The average molecular weight is 247 g/mol. The third-order valence-corrected chi connectivity index (χ3v) is 4.03. The maximum atomic E-state index is 6.29. The van der Waals surface area contributed by atoms with Gasteiger partial charge in [-0.05, 0) is 56.2 Å². The fourth-order valence-corrected chi connectivity index (χ4v) is 2.94. The van der Waals surface area contributed by atoms with Gasteiger partial charge < -0.3 is 10.5 Å². The first-order chi connectivity index (χ1) is 8.85. The molecular formula is C16H25NO. The summed E-state index contributed by atoms with van der Waals surface area (Å²) in [6.45, 7) is 2.96. The van der Waals surface area contributed by atoms with Crippen molar-refractivity contribution in [3.8, 4) is 5.75 Å². The van der Waals surface area contributed by atoms with Gasteiger partial charge in [0.25, 0.3) is 0 Å². The molecule has 2 atom stereocenters. The van der Waals surface area contributed by atoms with Gasteiger partial charge in [-0.3, -0.25) is 0 Å². The van der Waals surface area contributed by atoms with Gasteiger partial charge in [0.05, 0.1) is 0 Å². The molecule has 100 valence electrons. The maximum absolute atomic E-state index is 6.29. The first-order valence-electron chi connectivity index (χ1n) is 7.29. The second kappa shape index (κ2) is 6.79. The fraction of sp³-hybridized carbons (Fsp3) is 0.625. The van der Waals surface area contributed by atoms with Gasteiger partial charge in [0.15, 0.2) is 0 Å². The molecule has 2 nitrogen and oxygen atoms in total. The van der Waals surface area contributed by atoms with Gasteiger partial charge in [0, 0.05) is 0 Å². The van der Waals surface area contributed by atoms with Gasteiger partial charge in [-0.1, -0.05) is 31.5 Å². The summed E-state index contributed by atoms with van der Waals surface area (Å²) in [6, 6.07) is 8.34. The summed E-state index contributed by atoms with van der Waals surface area (Å²) < 4.78 is 6.29. The Kier molecular flexibility index (Phi) is 5.06. The van der Waals surface area contributed by atoms with E-state index in [0.29, 0.717) is 12.6 Å². The van der Waals surface area contributed by atoms with E-state index in [1.54, 1.807) is 0 Å². The Morgan fingerprint density at radius 3 is 2.78 bits per heavy atom. The molecule has 0 amide bonds. The second-order valence-electron chi connectivity index (χ2n) is 5.26. The lowest BCUT2D eigenvalue weighted by atomic mass is 9.84. The first-order valence-corrected chi connectivity index (χ1v) is 7.29. The molecule has 18 heavy (non-hydrogen) atoms. The highest BCUT2D eigenvalue weighted by Gasteiger charge is 2.25. The molecule has 0 aliphatic heterocycles. The molecule has 1 aliphatic rings. The molecule has 0 saturated heterocycles. The molecule has 1 aromatic rings. The van der Waals surface area contributed by atoms with E-state index in [-0.39, 0.29) is 0 Å². The van der Waals surface area contributed by atoms with Crippen LogP contribution < -0.4 is 10.5 Å². The smallest absolute Gasteiger partial charge is 0.122 e. The van der Waals surface area contributed by atoms with Gasteiger partial charge in [-0.2, -0.15) is 0 Å². The number of ether oxygens (including phenoxy) is 1. The van der Waals surface area contributed by atoms with E-state index in [2.05, 4.69) is 31.2 Å². The van der Waals surface area contributed by atoms with Crippen molar-refractivity contribution in [2.24, 2.45) is 11.7 Å². The summed E-state index contributed by atoms with van der Waals surface area (Å²) in [5.41, 5.74) is 6.91. The summed E-state index contributed by atoms with van der Waals surface area (Å²) in [5, 5.41) is 0. The molecule has 2 unspecified atom stereocenters. The van der Waals surface area contributed by atoms with Crippen molar-refractivity contribution in [2.75, 3.05) is 6.54 Å². The summed E-state index contributed by atoms with van der Waals surface area (Å²) in [6.07, 6.45) is 7.73. The van der Waals surface area contributed by atoms with Crippen LogP contribution in [0.2, 0.25) is 0 Å². The standard InChI is InChI=1S/C16H25NO/c1-2-13-7-3-5-9-15(13)18-16-10-6-4-8-14(16)11-12-17/h4,6,8,10,13,15H,2-3,5,7,9,11-12,17H2,1H3. The SMILES string of the molecule is CCC1CCCCC1Oc1ccccc1CCN. The third-order valence-electron chi connectivity index (χ3n) is 4.03. The Labute approximate surface area is 111 Å². The normalized spacial score (nSPS) is 23.9. The number of hydrogen-bond acceptors (Lipinski definition) is 2. The lowest BCUT2D eigenvalue weighted by Crippen LogP contribution is -2.30. The minimum absolute atomic E-state index is 0.405. The van der Waals surface area contributed by atoms with Gasteiger partial charge in [0.2, 0.25) is 0 Å². The lowest BCUT2D eigenvalue weighted by molar-refractivity contribution is 0.0894. The zero-order chi connectivity index (χ0) is 12.8. The highest BCUT2D eigenvalue weighted by Crippen LogP contribution is 2.31. The zero-order valence-corrected chi connectivity index (χ0v) is 11.4. The highest BCUT2D eigenvalue weighted by molar-refractivity contribution is 5.33. The summed E-state index contributed by atoms with van der Waals surface area (Å²) in [5.74, 6) is 1.78. The molecule has 1 saturated carbocycles. The van der Waals surface area contributed by atoms with Crippen molar-refractivity contribution in [3.05, 3.63) is 29.8 Å². The fourth-order valence-electron chi connectivity index (χ4n) is 2.94. The van der Waals surface area contributed by atoms with Crippen molar-refractivity contribution in [1.82, 2.24) is 0 Å². The molecule has 0 aromatic heterocycles. The Morgan fingerprint density at radius 1 is 1.22 bits per heavy atom. The quantitative estimate of drug-likeness (QED) is 0.863. The van der Waals surface area contributed by atoms with E-state index in [0.717, 1.165) is 18.1 Å². The minimum atomic E-state index is 0.405. The van der Waals surface area contributed by atoms with Gasteiger partial charge in [-0.15, -0.1) is 0 Å². The maximum Gasteiger partial charge on any atom is 0.122 e. The molecular weight excluding hydrogens is 222 g/mol. The van der Waals surface area contributed by atoms with Crippen molar-refractivity contribution in [3.63, 3.8) is 0 Å². The van der Waals surface area contributed by atoms with Crippen molar-refractivity contribution in [1.29, 1.82) is 0 Å². The number of rotatable bonds is 5. The summed E-state index contributed by atoms with van der Waals surface area (Å²) in [7, 11) is 0. The monoisotopic (exact) mass is 247 g/mol. The van der Waals surface area contributed by atoms with Crippen LogP contribution in [0, 0.1) is 5.92 Å². The molecule has 0 radical (unpaired) electrons. The van der Waals surface area contributed by atoms with Crippen LogP contribution in [-0.4, -0.2) is 12.6 Å². The number of hydrogen-bond donors (Lipinski definition) is 1. The number of nitrogens with two attached hydrogens (primary N) is 1. The minimum Gasteiger partial charge on any atom is -0.490 e. The first kappa shape index (κ1) is 13.4. The van der Waals surface area contributed by atoms with E-state index >= 15 is 0 Å². The van der Waals surface area contributed by atoms with Crippen LogP contribution in [0.1, 0.15) is 44.6 Å². The number of benzene rings is 1. The van der Waals surface area contributed by atoms with E-state index in [1.165, 1.54) is 37.7 Å². The van der Waals surface area contributed by atoms with E-state index in [4.69, 9.17) is 10.5 Å². The van der Waals surface area contributed by atoms with Gasteiger partial charge in [-0.25, -0.2) is 0 Å². The summed E-state index contributed by atoms with van der Waals surface area (Å²) in [4.78, 5) is 0. The van der Waals surface area contributed by atoms with Crippen LogP contribution in [0.25, 0.3) is 0 Å². The molecule has 2 N–H and O–H groups in total. The molecule has 1 aromatic carbocycles. The molecule has 0 spiro atoms. The largest absolute Gasteiger partial charge is 0.490 e. The van der Waals surface area contributed by atoms with Crippen LogP contribution in [0.4, 0.5) is 0 Å². The van der Waals surface area contributed by atoms with Crippen LogP contribution in [0.5, 0.6) is 5.75 Å². The summed E-state index contributed by atoms with van der Waals surface area (Å²) >= 11 is 0. The Hall–Kier alpha value is -1.02. The third kappa shape index (κ3) is 3.26. The Balaban J connectivity index is 2.07. The van der Waals surface area contributed by atoms with Crippen LogP contribution in [0.15, 0.2) is 24.3 Å². The highest BCUT2D eigenvalue weighted by atomic mass is 16.5. The van der Waals surface area contributed by atoms with Crippen molar-refractivity contribution < 1.29 is 4.74 Å². The van der Waals surface area contributed by atoms with E-state index < -0.39 is 0 Å². The number of para-hydroxylation sites is 1. The second-order valence-corrected chi connectivity index (χ2v) is 5.26. The Bertz CT molecular complexity index is 364. The Morgan fingerprint density at radius 2 is 2.00 bits per heavy atom. The van der Waals surface area contributed by atoms with Crippen LogP contribution in [0.3, 0.4) is 0 Å². The molecule has 0 bridgehead atoms. The molecule has 1 aliphatic carbocycles. The molecule has 2 heteroatoms. The van der Waals surface area contributed by atoms with Crippen molar-refractivity contribution in [2.45, 2.75) is 51.6 Å². The topological polar surface area (TPSA) is 35.2 Å². The lowest BCUT2D eigenvalue weighted by Gasteiger charge is -2.31. The van der Waals surface area contributed by atoms with E-state index in [1.807, 2.05) is 0 Å². The van der Waals surface area contributed by atoms with Crippen molar-refractivity contribution >= 4 is 0 Å². The predicted molar refractivity (Wildman–Crippen MR) is 75.9 cm³/mol. The molecule has 2 rings (SSSR count). The predicted octanol–water partition coefficient (Wildman–Crippen LogP) is 3.54. The average Bonchev–Trinajstić information content (AvgIpc) is 2.42. The molecule has 1 fully saturated rings. The van der Waals surface area contributed by atoms with Crippen LogP contribution >= 0.6 is 0 Å². The van der Waals surface area contributed by atoms with Crippen LogP contribution in [-0.2, 0) is 6.42 Å². The zero-order valence-electron chi connectivity index (χ0n) is 11.4. The van der Waals surface area contributed by atoms with Gasteiger partial charge >= 0.3 is 0 Å². The van der Waals surface area contributed by atoms with E-state index in [9.17, 15) is 0 Å².